The molecule has 4 atom stereocenters. The highest BCUT2D eigenvalue weighted by molar-refractivity contribution is 6.18. The molecule has 0 amide bonds. The summed E-state index contributed by atoms with van der Waals surface area (Å²) < 4.78 is 1.94. The number of hydrogen-bond acceptors (Lipinski definition) is 2. The van der Waals surface area contributed by atoms with Crippen molar-refractivity contribution in [3.63, 3.8) is 0 Å². The number of fused-ring (bicyclic) bond motifs is 4. The molecule has 1 unspecified atom stereocenters. The van der Waals surface area contributed by atoms with Gasteiger partial charge in [-0.1, -0.05) is 6.07 Å². The Morgan fingerprint density at radius 3 is 3.11 bits per heavy atom. The van der Waals surface area contributed by atoms with E-state index in [1.54, 1.807) is 6.07 Å². The Morgan fingerprint density at radius 2 is 2.32 bits per heavy atom. The lowest BCUT2D eigenvalue weighted by Crippen LogP contribution is -3.15. The maximum atomic E-state index is 11.9. The smallest absolute Gasteiger partial charge is 0.250 e. The summed E-state index contributed by atoms with van der Waals surface area (Å²) in [5.41, 5.74) is 1.29. The van der Waals surface area contributed by atoms with E-state index in [9.17, 15) is 9.90 Å². The number of aromatic nitrogens is 1. The molecule has 0 spiro atoms. The molecule has 2 aliphatic rings. The first-order chi connectivity index (χ1) is 9.17. The molecule has 104 valence electrons. The van der Waals surface area contributed by atoms with Crippen LogP contribution in [0.25, 0.3) is 0 Å². The van der Waals surface area contributed by atoms with Crippen LogP contribution in [0.5, 0.6) is 0 Å². The van der Waals surface area contributed by atoms with Gasteiger partial charge in [-0.05, 0) is 12.5 Å². The largest absolute Gasteiger partial charge is 0.386 e. The van der Waals surface area contributed by atoms with Gasteiger partial charge in [-0.15, -0.1) is 11.6 Å². The Labute approximate surface area is 117 Å². The molecule has 0 aliphatic carbocycles. The second kappa shape index (κ2) is 5.27. The summed E-state index contributed by atoms with van der Waals surface area (Å²) in [7, 11) is 0. The zero-order valence-corrected chi connectivity index (χ0v) is 11.6. The second-order valence-electron chi connectivity index (χ2n) is 5.87. The van der Waals surface area contributed by atoms with Gasteiger partial charge in [0.2, 0.25) is 0 Å². The number of hydrogen-bond donors (Lipinski definition) is 2. The number of halogens is 1. The number of aliphatic hydroxyl groups is 1. The summed E-state index contributed by atoms with van der Waals surface area (Å²) in [6.45, 7) is 3.57. The molecular weight excluding hydrogens is 264 g/mol. The van der Waals surface area contributed by atoms with Gasteiger partial charge in [-0.25, -0.2) is 0 Å². The van der Waals surface area contributed by atoms with Crippen molar-refractivity contribution in [3.05, 3.63) is 34.2 Å². The summed E-state index contributed by atoms with van der Waals surface area (Å²) in [5, 5.41) is 9.70. The van der Waals surface area contributed by atoms with Gasteiger partial charge in [0.1, 0.15) is 12.6 Å². The van der Waals surface area contributed by atoms with E-state index in [0.717, 1.165) is 19.6 Å². The lowest BCUT2D eigenvalue weighted by molar-refractivity contribution is -0.913. The maximum absolute atomic E-state index is 11.9. The van der Waals surface area contributed by atoms with Crippen molar-refractivity contribution in [2.75, 3.05) is 25.5 Å². The van der Waals surface area contributed by atoms with Crippen LogP contribution < -0.4 is 10.5 Å². The summed E-state index contributed by atoms with van der Waals surface area (Å²) in [4.78, 5) is 13.3. The van der Waals surface area contributed by atoms with Gasteiger partial charge in [0.25, 0.3) is 5.56 Å². The number of pyridine rings is 1. The van der Waals surface area contributed by atoms with Crippen LogP contribution >= 0.6 is 11.6 Å². The number of quaternary nitrogens is 1. The normalized spacial score (nSPS) is 30.7. The van der Waals surface area contributed by atoms with Crippen molar-refractivity contribution in [1.82, 2.24) is 4.57 Å². The number of piperidine rings is 1. The molecule has 1 fully saturated rings. The third-order valence-electron chi connectivity index (χ3n) is 4.38. The van der Waals surface area contributed by atoms with Gasteiger partial charge in [-0.2, -0.15) is 0 Å². The molecular formula is C14H20ClN2O2+. The highest BCUT2D eigenvalue weighted by atomic mass is 35.5. The SMILES string of the molecule is O=c1cccc2n1C[C@H]1C[C@@H]2C[NH+](C[C@@H](O)CCl)C1. The lowest BCUT2D eigenvalue weighted by atomic mass is 9.83. The Hall–Kier alpha value is -0.840. The second-order valence-corrected chi connectivity index (χ2v) is 6.18. The van der Waals surface area contributed by atoms with E-state index in [0.29, 0.717) is 24.3 Å². The van der Waals surface area contributed by atoms with E-state index in [4.69, 9.17) is 11.6 Å². The van der Waals surface area contributed by atoms with E-state index in [2.05, 4.69) is 6.07 Å². The number of likely N-dealkylation sites (tertiary alicyclic amines) is 1. The van der Waals surface area contributed by atoms with Crippen LogP contribution in [-0.2, 0) is 6.54 Å². The molecule has 2 N–H and O–H groups in total. The molecule has 3 rings (SSSR count). The zero-order valence-electron chi connectivity index (χ0n) is 10.9. The van der Waals surface area contributed by atoms with Crippen LogP contribution in [-0.4, -0.2) is 41.3 Å². The fourth-order valence-corrected chi connectivity index (χ4v) is 3.78. The van der Waals surface area contributed by atoms with Crippen LogP contribution in [0.4, 0.5) is 0 Å². The number of rotatable bonds is 3. The first-order valence-corrected chi connectivity index (χ1v) is 7.48. The van der Waals surface area contributed by atoms with Crippen molar-refractivity contribution >= 4 is 11.6 Å². The Bertz CT molecular complexity index is 516. The third-order valence-corrected chi connectivity index (χ3v) is 4.73. The number of nitrogens with one attached hydrogen (secondary N) is 1. The predicted molar refractivity (Wildman–Crippen MR) is 73.8 cm³/mol. The highest BCUT2D eigenvalue weighted by Gasteiger charge is 2.37. The monoisotopic (exact) mass is 283 g/mol. The maximum Gasteiger partial charge on any atom is 0.250 e. The lowest BCUT2D eigenvalue weighted by Gasteiger charge is -2.40. The molecule has 2 aliphatic heterocycles. The standard InChI is InChI=1S/C14H19ClN2O2/c15-5-12(18)9-16-6-10-4-11(8-16)13-2-1-3-14(19)17(13)7-10/h1-3,10-12,18H,4-9H2/p+1/t10-,11+,12-/m0/s1. The van der Waals surface area contributed by atoms with E-state index >= 15 is 0 Å². The third kappa shape index (κ3) is 2.57. The zero-order chi connectivity index (χ0) is 13.4. The molecule has 1 aromatic heterocycles. The van der Waals surface area contributed by atoms with Gasteiger partial charge < -0.3 is 14.6 Å². The van der Waals surface area contributed by atoms with Crippen LogP contribution in [0, 0.1) is 5.92 Å². The van der Waals surface area contributed by atoms with Gasteiger partial charge in [-0.3, -0.25) is 4.79 Å². The Kier molecular flexibility index (Phi) is 3.65. The van der Waals surface area contributed by atoms with Crippen LogP contribution in [0.1, 0.15) is 18.0 Å². The molecule has 1 aromatic rings. The minimum Gasteiger partial charge on any atom is -0.386 e. The number of aliphatic hydroxyl groups excluding tert-OH is 1. The fourth-order valence-electron chi connectivity index (χ4n) is 3.67. The van der Waals surface area contributed by atoms with E-state index < -0.39 is 6.10 Å². The predicted octanol–water partition coefficient (Wildman–Crippen LogP) is -0.550. The van der Waals surface area contributed by atoms with E-state index in [1.165, 1.54) is 17.0 Å². The molecule has 5 heteroatoms. The molecule has 0 radical (unpaired) electrons. The molecule has 3 heterocycles. The van der Waals surface area contributed by atoms with Gasteiger partial charge >= 0.3 is 0 Å². The van der Waals surface area contributed by atoms with Crippen LogP contribution in [0.3, 0.4) is 0 Å². The Morgan fingerprint density at radius 1 is 1.47 bits per heavy atom. The van der Waals surface area contributed by atoms with Crippen molar-refractivity contribution < 1.29 is 10.0 Å². The van der Waals surface area contributed by atoms with Gasteiger partial charge in [0, 0.05) is 30.1 Å². The average Bonchev–Trinajstić information content (AvgIpc) is 2.40. The quantitative estimate of drug-likeness (QED) is 0.732. The van der Waals surface area contributed by atoms with Crippen molar-refractivity contribution in [1.29, 1.82) is 0 Å². The summed E-state index contributed by atoms with van der Waals surface area (Å²) >= 11 is 5.68. The molecule has 1 saturated heterocycles. The fraction of sp³-hybridized carbons (Fsp3) is 0.643. The first kappa shape index (κ1) is 13.2. The topological polar surface area (TPSA) is 46.7 Å². The molecule has 0 saturated carbocycles. The van der Waals surface area contributed by atoms with Gasteiger partial charge in [0.15, 0.2) is 0 Å². The molecule has 4 nitrogen and oxygen atoms in total. The first-order valence-electron chi connectivity index (χ1n) is 6.94. The van der Waals surface area contributed by atoms with Crippen LogP contribution in [0.2, 0.25) is 0 Å². The molecule has 19 heavy (non-hydrogen) atoms. The minimum absolute atomic E-state index is 0.122. The van der Waals surface area contributed by atoms with Crippen molar-refractivity contribution in [2.45, 2.75) is 25.0 Å². The number of alkyl halides is 1. The van der Waals surface area contributed by atoms with Gasteiger partial charge in [0.05, 0.1) is 19.0 Å². The summed E-state index contributed by atoms with van der Waals surface area (Å²) in [5.74, 6) is 1.29. The summed E-state index contributed by atoms with van der Waals surface area (Å²) in [6.07, 6.45) is 0.748. The molecule has 0 aromatic carbocycles. The minimum atomic E-state index is -0.423. The van der Waals surface area contributed by atoms with Crippen LogP contribution in [0.15, 0.2) is 23.0 Å². The summed E-state index contributed by atoms with van der Waals surface area (Å²) in [6, 6.07) is 5.58. The van der Waals surface area contributed by atoms with Crippen molar-refractivity contribution in [3.8, 4) is 0 Å². The van der Waals surface area contributed by atoms with E-state index in [-0.39, 0.29) is 5.56 Å². The average molecular weight is 284 g/mol. The van der Waals surface area contributed by atoms with Crippen molar-refractivity contribution in [2.24, 2.45) is 5.92 Å². The molecule has 2 bridgehead atoms. The Balaban J connectivity index is 1.82. The van der Waals surface area contributed by atoms with E-state index in [1.807, 2.05) is 10.6 Å². The highest BCUT2D eigenvalue weighted by Crippen LogP contribution is 2.29. The number of nitrogens with zero attached hydrogens (tertiary/aromatic N) is 1.